The number of amides is 2. The highest BCUT2D eigenvalue weighted by atomic mass is 35.5. The van der Waals surface area contributed by atoms with Crippen molar-refractivity contribution in [2.45, 2.75) is 11.6 Å². The van der Waals surface area contributed by atoms with E-state index >= 15 is 0 Å². The monoisotopic (exact) mass is 499 g/mol. The van der Waals surface area contributed by atoms with Gasteiger partial charge in [0, 0.05) is 18.4 Å². The van der Waals surface area contributed by atoms with Crippen LogP contribution >= 0.6 is 35.0 Å². The number of nitrogens with zero attached hydrogens (tertiary/aromatic N) is 3. The van der Waals surface area contributed by atoms with Crippen LogP contribution in [0.3, 0.4) is 0 Å². The van der Waals surface area contributed by atoms with E-state index in [-0.39, 0.29) is 24.0 Å². The fourth-order valence-electron chi connectivity index (χ4n) is 3.14. The minimum Gasteiger partial charge on any atom is -0.326 e. The Bertz CT molecular complexity index is 1340. The molecule has 2 N–H and O–H groups in total. The van der Waals surface area contributed by atoms with E-state index in [0.29, 0.717) is 26.7 Å². The lowest BCUT2D eigenvalue weighted by molar-refractivity contribution is -0.116. The summed E-state index contributed by atoms with van der Waals surface area (Å²) in [6, 6.07) is 18.6. The Morgan fingerprint density at radius 3 is 2.36 bits per heavy atom. The van der Waals surface area contributed by atoms with Gasteiger partial charge in [-0.1, -0.05) is 65.3 Å². The number of aromatic nitrogens is 3. The molecular weight excluding hydrogens is 481 g/mol. The lowest BCUT2D eigenvalue weighted by Gasteiger charge is -2.08. The molecule has 0 unspecified atom stereocenters. The summed E-state index contributed by atoms with van der Waals surface area (Å²) >= 11 is 13.1. The van der Waals surface area contributed by atoms with Crippen LogP contribution in [0.5, 0.6) is 0 Å². The first-order chi connectivity index (χ1) is 15.9. The van der Waals surface area contributed by atoms with E-state index in [1.54, 1.807) is 29.8 Å². The zero-order valence-electron chi connectivity index (χ0n) is 17.5. The van der Waals surface area contributed by atoms with Crippen LogP contribution in [0.4, 0.5) is 11.4 Å². The van der Waals surface area contributed by atoms with Crippen molar-refractivity contribution in [1.82, 2.24) is 14.8 Å². The Labute approximate surface area is 204 Å². The molecule has 0 aliphatic rings. The number of benzene rings is 3. The van der Waals surface area contributed by atoms with Gasteiger partial charge in [-0.15, -0.1) is 10.2 Å². The first-order valence-corrected chi connectivity index (χ1v) is 11.7. The maximum atomic E-state index is 12.4. The molecule has 0 spiro atoms. The second-order valence-electron chi connectivity index (χ2n) is 7.21. The molecule has 1 heterocycles. The summed E-state index contributed by atoms with van der Waals surface area (Å²) in [6.07, 6.45) is 0.0214. The second-order valence-corrected chi connectivity index (χ2v) is 8.97. The van der Waals surface area contributed by atoms with Crippen molar-refractivity contribution in [1.29, 1.82) is 0 Å². The van der Waals surface area contributed by atoms with Gasteiger partial charge in [0.2, 0.25) is 11.8 Å². The van der Waals surface area contributed by atoms with Crippen LogP contribution in [-0.4, -0.2) is 32.3 Å². The third kappa shape index (κ3) is 5.84. The van der Waals surface area contributed by atoms with Gasteiger partial charge in [-0.2, -0.15) is 0 Å². The molecule has 2 amide bonds. The number of fused-ring (bicyclic) bond motifs is 1. The predicted octanol–water partition coefficient (Wildman–Crippen LogP) is 5.19. The van der Waals surface area contributed by atoms with Crippen molar-refractivity contribution in [2.24, 2.45) is 7.05 Å². The Balaban J connectivity index is 1.31. The fourth-order valence-corrected chi connectivity index (χ4v) is 4.17. The lowest BCUT2D eigenvalue weighted by atomic mass is 10.1. The number of thioether (sulfide) groups is 1. The molecule has 4 rings (SSSR count). The summed E-state index contributed by atoms with van der Waals surface area (Å²) in [4.78, 5) is 24.8. The van der Waals surface area contributed by atoms with Gasteiger partial charge in [-0.3, -0.25) is 9.59 Å². The number of rotatable bonds is 7. The number of carbonyl (C=O) groups excluding carboxylic acids is 2. The minimum absolute atomic E-state index is 0.0214. The van der Waals surface area contributed by atoms with E-state index in [1.807, 2.05) is 42.5 Å². The van der Waals surface area contributed by atoms with Gasteiger partial charge in [0.05, 0.1) is 22.2 Å². The highest BCUT2D eigenvalue weighted by Crippen LogP contribution is 2.25. The molecule has 1 aromatic heterocycles. The summed E-state index contributed by atoms with van der Waals surface area (Å²) in [5.41, 5.74) is 1.27. The number of hydrogen-bond acceptors (Lipinski definition) is 5. The van der Waals surface area contributed by atoms with E-state index in [4.69, 9.17) is 23.2 Å². The van der Waals surface area contributed by atoms with Crippen molar-refractivity contribution in [3.05, 3.63) is 76.5 Å². The van der Waals surface area contributed by atoms with Crippen LogP contribution < -0.4 is 10.6 Å². The van der Waals surface area contributed by atoms with Gasteiger partial charge in [0.15, 0.2) is 5.16 Å². The fraction of sp³-hybridized carbons (Fsp3) is 0.130. The molecule has 0 radical (unpaired) electrons. The van der Waals surface area contributed by atoms with Gasteiger partial charge in [-0.05, 0) is 41.1 Å². The van der Waals surface area contributed by atoms with Gasteiger partial charge in [0.1, 0.15) is 5.82 Å². The molecule has 0 bridgehead atoms. The average molecular weight is 500 g/mol. The average Bonchev–Trinajstić information content (AvgIpc) is 3.14. The first-order valence-electron chi connectivity index (χ1n) is 9.93. The number of carbonyl (C=O) groups is 2. The van der Waals surface area contributed by atoms with E-state index in [0.717, 1.165) is 16.5 Å². The zero-order valence-corrected chi connectivity index (χ0v) is 19.8. The molecule has 0 saturated carbocycles. The Morgan fingerprint density at radius 2 is 1.58 bits per heavy atom. The first kappa shape index (κ1) is 23.1. The summed E-state index contributed by atoms with van der Waals surface area (Å²) in [7, 11) is 1.76. The molecule has 10 heteroatoms. The third-order valence-corrected chi connectivity index (χ3v) is 6.57. The summed E-state index contributed by atoms with van der Waals surface area (Å²) in [5, 5.41) is 17.3. The lowest BCUT2D eigenvalue weighted by Crippen LogP contribution is -2.17. The largest absolute Gasteiger partial charge is 0.326 e. The molecule has 0 atom stereocenters. The van der Waals surface area contributed by atoms with Crippen molar-refractivity contribution in [2.75, 3.05) is 16.4 Å². The normalized spacial score (nSPS) is 10.9. The third-order valence-electron chi connectivity index (χ3n) is 4.81. The smallest absolute Gasteiger partial charge is 0.234 e. The van der Waals surface area contributed by atoms with E-state index in [1.165, 1.54) is 11.8 Å². The van der Waals surface area contributed by atoms with Crippen molar-refractivity contribution in [3.8, 4) is 0 Å². The maximum absolute atomic E-state index is 12.4. The van der Waals surface area contributed by atoms with Crippen LogP contribution in [0.25, 0.3) is 10.8 Å². The SMILES string of the molecule is Cn1c(CC(=O)Nc2ccc(Cl)c(Cl)c2)nnc1SCC(=O)Nc1ccc2ccccc2c1. The van der Waals surface area contributed by atoms with Crippen LogP contribution in [0.2, 0.25) is 10.0 Å². The Morgan fingerprint density at radius 1 is 0.879 bits per heavy atom. The predicted molar refractivity (Wildman–Crippen MR) is 133 cm³/mol. The standard InChI is InChI=1S/C23H19Cl2N5O2S/c1-30-20(12-21(31)26-17-8-9-18(24)19(25)11-17)28-29-23(30)33-13-22(32)27-16-7-6-14-4-2-3-5-15(14)10-16/h2-11H,12-13H2,1H3,(H,26,31)(H,27,32). The van der Waals surface area contributed by atoms with Crippen molar-refractivity contribution < 1.29 is 9.59 Å². The molecule has 168 valence electrons. The highest BCUT2D eigenvalue weighted by molar-refractivity contribution is 7.99. The van der Waals surface area contributed by atoms with Crippen LogP contribution in [0.1, 0.15) is 5.82 Å². The Hall–Kier alpha value is -3.07. The number of halogens is 2. The summed E-state index contributed by atoms with van der Waals surface area (Å²) in [6.45, 7) is 0. The summed E-state index contributed by atoms with van der Waals surface area (Å²) in [5.74, 6) is 0.213. The molecule has 0 fully saturated rings. The molecule has 4 aromatic rings. The van der Waals surface area contributed by atoms with Crippen LogP contribution in [0, 0.1) is 0 Å². The second kappa shape index (κ2) is 10.2. The molecule has 3 aromatic carbocycles. The van der Waals surface area contributed by atoms with E-state index in [9.17, 15) is 9.59 Å². The van der Waals surface area contributed by atoms with Crippen LogP contribution in [-0.2, 0) is 23.1 Å². The van der Waals surface area contributed by atoms with Gasteiger partial charge in [0.25, 0.3) is 0 Å². The topological polar surface area (TPSA) is 88.9 Å². The van der Waals surface area contributed by atoms with Crippen molar-refractivity contribution in [3.63, 3.8) is 0 Å². The molecule has 7 nitrogen and oxygen atoms in total. The van der Waals surface area contributed by atoms with Gasteiger partial charge >= 0.3 is 0 Å². The molecular formula is C23H19Cl2N5O2S. The molecule has 0 aliphatic carbocycles. The van der Waals surface area contributed by atoms with Gasteiger partial charge in [-0.25, -0.2) is 0 Å². The molecule has 0 aliphatic heterocycles. The minimum atomic E-state index is -0.269. The Kier molecular flexibility index (Phi) is 7.17. The van der Waals surface area contributed by atoms with Crippen LogP contribution in [0.15, 0.2) is 65.8 Å². The number of hydrogen-bond donors (Lipinski definition) is 2. The van der Waals surface area contributed by atoms with E-state index < -0.39 is 0 Å². The molecule has 0 saturated heterocycles. The summed E-state index contributed by atoms with van der Waals surface area (Å²) < 4.78 is 1.70. The molecule has 33 heavy (non-hydrogen) atoms. The maximum Gasteiger partial charge on any atom is 0.234 e. The van der Waals surface area contributed by atoms with Crippen molar-refractivity contribution >= 4 is 68.9 Å². The van der Waals surface area contributed by atoms with E-state index in [2.05, 4.69) is 20.8 Å². The van der Waals surface area contributed by atoms with Gasteiger partial charge < -0.3 is 15.2 Å². The highest BCUT2D eigenvalue weighted by Gasteiger charge is 2.15. The number of nitrogens with one attached hydrogen (secondary N) is 2. The quantitative estimate of drug-likeness (QED) is 0.341. The zero-order chi connectivity index (χ0) is 23.4. The number of anilines is 2.